The van der Waals surface area contributed by atoms with Crippen molar-refractivity contribution in [3.8, 4) is 11.8 Å². The van der Waals surface area contributed by atoms with E-state index in [2.05, 4.69) is 27.0 Å². The second-order valence-electron chi connectivity index (χ2n) is 6.81. The van der Waals surface area contributed by atoms with Crippen molar-refractivity contribution in [1.82, 2.24) is 10.2 Å². The number of hydrogen-bond donors (Lipinski definition) is 1. The van der Waals surface area contributed by atoms with E-state index in [9.17, 15) is 13.2 Å². The quantitative estimate of drug-likeness (QED) is 0.468. The summed E-state index contributed by atoms with van der Waals surface area (Å²) in [4.78, 5) is 6.60. The van der Waals surface area contributed by atoms with Crippen LogP contribution in [-0.4, -0.2) is 50.8 Å². The molecule has 0 atom stereocenters. The molecule has 1 aromatic rings. The Morgan fingerprint density at radius 2 is 1.93 bits per heavy atom. The van der Waals surface area contributed by atoms with Gasteiger partial charge in [0.1, 0.15) is 6.54 Å². The molecule has 0 spiro atoms. The maximum Gasteiger partial charge on any atom is 0.416 e. The Labute approximate surface area is 165 Å². The van der Waals surface area contributed by atoms with E-state index < -0.39 is 11.7 Å². The molecule has 0 bridgehead atoms. The van der Waals surface area contributed by atoms with Gasteiger partial charge in [0, 0.05) is 38.9 Å². The molecule has 1 aliphatic rings. The Morgan fingerprint density at radius 3 is 2.54 bits per heavy atom. The second-order valence-corrected chi connectivity index (χ2v) is 6.81. The van der Waals surface area contributed by atoms with E-state index in [-0.39, 0.29) is 6.54 Å². The SMILES string of the molecule is CCNC(=NCC#Cc1ccc(C(F)(F)F)cc1)N(C)CCC1CCOCC1. The minimum absolute atomic E-state index is 0.283. The molecule has 4 nitrogen and oxygen atoms in total. The third-order valence-corrected chi connectivity index (χ3v) is 4.66. The topological polar surface area (TPSA) is 36.9 Å². The van der Waals surface area contributed by atoms with E-state index in [1.807, 2.05) is 14.0 Å². The average molecular weight is 395 g/mol. The van der Waals surface area contributed by atoms with Gasteiger partial charge in [-0.3, -0.25) is 0 Å². The van der Waals surface area contributed by atoms with E-state index in [0.29, 0.717) is 11.5 Å². The predicted molar refractivity (Wildman–Crippen MR) is 105 cm³/mol. The number of nitrogens with zero attached hydrogens (tertiary/aromatic N) is 2. The molecule has 0 amide bonds. The van der Waals surface area contributed by atoms with Crippen LogP contribution in [0.1, 0.15) is 37.3 Å². The molecule has 0 radical (unpaired) electrons. The molecule has 1 N–H and O–H groups in total. The molecule has 1 heterocycles. The Balaban J connectivity index is 1.88. The second kappa shape index (κ2) is 11.0. The summed E-state index contributed by atoms with van der Waals surface area (Å²) in [5.41, 5.74) is -0.127. The number of nitrogens with one attached hydrogen (secondary N) is 1. The van der Waals surface area contributed by atoms with Gasteiger partial charge in [0.2, 0.25) is 0 Å². The van der Waals surface area contributed by atoms with Crippen LogP contribution in [0.5, 0.6) is 0 Å². The summed E-state index contributed by atoms with van der Waals surface area (Å²) in [7, 11) is 2.00. The molecule has 1 fully saturated rings. The normalized spacial score (nSPS) is 15.7. The van der Waals surface area contributed by atoms with Gasteiger partial charge in [-0.1, -0.05) is 11.8 Å². The average Bonchev–Trinajstić information content (AvgIpc) is 2.69. The maximum atomic E-state index is 12.6. The largest absolute Gasteiger partial charge is 0.416 e. The zero-order valence-electron chi connectivity index (χ0n) is 16.5. The van der Waals surface area contributed by atoms with Crippen LogP contribution in [0.2, 0.25) is 0 Å². The first-order valence-corrected chi connectivity index (χ1v) is 9.63. The Kier molecular flexibility index (Phi) is 8.65. The number of aliphatic imine (C=N–C) groups is 1. The van der Waals surface area contributed by atoms with Crippen molar-refractivity contribution in [2.75, 3.05) is 39.9 Å². The minimum Gasteiger partial charge on any atom is -0.381 e. The molecule has 0 aliphatic carbocycles. The Bertz CT molecular complexity index is 684. The molecular weight excluding hydrogens is 367 g/mol. The van der Waals surface area contributed by atoms with Crippen LogP contribution >= 0.6 is 0 Å². The van der Waals surface area contributed by atoms with E-state index in [4.69, 9.17) is 4.74 Å². The highest BCUT2D eigenvalue weighted by Gasteiger charge is 2.29. The predicted octanol–water partition coefficient (Wildman–Crippen LogP) is 3.77. The van der Waals surface area contributed by atoms with Gasteiger partial charge in [-0.15, -0.1) is 0 Å². The van der Waals surface area contributed by atoms with Crippen LogP contribution in [0.25, 0.3) is 0 Å². The van der Waals surface area contributed by atoms with Crippen LogP contribution in [0, 0.1) is 17.8 Å². The molecule has 28 heavy (non-hydrogen) atoms. The summed E-state index contributed by atoms with van der Waals surface area (Å²) in [5.74, 6) is 7.25. The van der Waals surface area contributed by atoms with E-state index >= 15 is 0 Å². The van der Waals surface area contributed by atoms with Gasteiger partial charge >= 0.3 is 6.18 Å². The molecule has 0 aromatic heterocycles. The van der Waals surface area contributed by atoms with Gasteiger partial charge in [-0.05, 0) is 56.4 Å². The Hall–Kier alpha value is -2.20. The summed E-state index contributed by atoms with van der Waals surface area (Å²) >= 11 is 0. The van der Waals surface area contributed by atoms with Gasteiger partial charge in [-0.25, -0.2) is 4.99 Å². The standard InChI is InChI=1S/C21H28F3N3O/c1-3-25-20(27(2)14-10-18-11-15-28-16-12-18)26-13-4-5-17-6-8-19(9-7-17)21(22,23)24/h6-9,18H,3,10-16H2,1-2H3,(H,25,26). The van der Waals surface area contributed by atoms with Crippen molar-refractivity contribution in [3.63, 3.8) is 0 Å². The van der Waals surface area contributed by atoms with Crippen LogP contribution in [0.4, 0.5) is 13.2 Å². The smallest absolute Gasteiger partial charge is 0.381 e. The fourth-order valence-electron chi connectivity index (χ4n) is 2.99. The maximum absolute atomic E-state index is 12.6. The monoisotopic (exact) mass is 395 g/mol. The van der Waals surface area contributed by atoms with Crippen LogP contribution in [-0.2, 0) is 10.9 Å². The molecule has 1 aliphatic heterocycles. The number of rotatable bonds is 5. The Morgan fingerprint density at radius 1 is 1.25 bits per heavy atom. The lowest BCUT2D eigenvalue weighted by molar-refractivity contribution is -0.137. The summed E-state index contributed by atoms with van der Waals surface area (Å²) in [6, 6.07) is 4.85. The molecule has 0 unspecified atom stereocenters. The highest BCUT2D eigenvalue weighted by Crippen LogP contribution is 2.28. The molecule has 1 saturated heterocycles. The van der Waals surface area contributed by atoms with Gasteiger partial charge in [-0.2, -0.15) is 13.2 Å². The number of hydrogen-bond acceptors (Lipinski definition) is 2. The van der Waals surface area contributed by atoms with Crippen LogP contribution < -0.4 is 5.32 Å². The third-order valence-electron chi connectivity index (χ3n) is 4.66. The summed E-state index contributed by atoms with van der Waals surface area (Å²) in [6.45, 7) is 5.65. The lowest BCUT2D eigenvalue weighted by Gasteiger charge is -2.26. The van der Waals surface area contributed by atoms with Gasteiger partial charge < -0.3 is 15.0 Å². The highest BCUT2D eigenvalue weighted by molar-refractivity contribution is 5.79. The van der Waals surface area contributed by atoms with Gasteiger partial charge in [0.05, 0.1) is 5.56 Å². The lowest BCUT2D eigenvalue weighted by atomic mass is 9.96. The van der Waals surface area contributed by atoms with E-state index in [0.717, 1.165) is 63.7 Å². The van der Waals surface area contributed by atoms with Crippen molar-refractivity contribution >= 4 is 5.96 Å². The molecule has 7 heteroatoms. The summed E-state index contributed by atoms with van der Waals surface area (Å²) < 4.78 is 43.1. The first kappa shape index (κ1) is 22.1. The van der Waals surface area contributed by atoms with Crippen molar-refractivity contribution in [2.45, 2.75) is 32.4 Å². The molecule has 2 rings (SSSR count). The number of alkyl halides is 3. The van der Waals surface area contributed by atoms with Crippen LogP contribution in [0.3, 0.4) is 0 Å². The van der Waals surface area contributed by atoms with E-state index in [1.54, 1.807) is 0 Å². The van der Waals surface area contributed by atoms with Gasteiger partial charge in [0.15, 0.2) is 5.96 Å². The minimum atomic E-state index is -4.33. The number of benzene rings is 1. The fourth-order valence-corrected chi connectivity index (χ4v) is 2.99. The molecule has 1 aromatic carbocycles. The van der Waals surface area contributed by atoms with Crippen molar-refractivity contribution in [1.29, 1.82) is 0 Å². The first-order chi connectivity index (χ1) is 13.4. The van der Waals surface area contributed by atoms with Crippen molar-refractivity contribution in [2.24, 2.45) is 10.9 Å². The molecular formula is C21H28F3N3O. The van der Waals surface area contributed by atoms with Crippen LogP contribution in [0.15, 0.2) is 29.3 Å². The lowest BCUT2D eigenvalue weighted by Crippen LogP contribution is -2.40. The number of ether oxygens (including phenoxy) is 1. The van der Waals surface area contributed by atoms with Crippen molar-refractivity contribution < 1.29 is 17.9 Å². The van der Waals surface area contributed by atoms with Crippen molar-refractivity contribution in [3.05, 3.63) is 35.4 Å². The summed E-state index contributed by atoms with van der Waals surface area (Å²) in [5, 5.41) is 3.25. The highest BCUT2D eigenvalue weighted by atomic mass is 19.4. The fraction of sp³-hybridized carbons (Fsp3) is 0.571. The van der Waals surface area contributed by atoms with Gasteiger partial charge in [0.25, 0.3) is 0 Å². The number of guanidine groups is 1. The first-order valence-electron chi connectivity index (χ1n) is 9.63. The van der Waals surface area contributed by atoms with E-state index in [1.165, 1.54) is 12.1 Å². The zero-order chi connectivity index (χ0) is 20.4. The molecule has 154 valence electrons. The summed E-state index contributed by atoms with van der Waals surface area (Å²) in [6.07, 6.45) is -1.01. The molecule has 0 saturated carbocycles. The zero-order valence-corrected chi connectivity index (χ0v) is 16.5. The number of halogens is 3. The third kappa shape index (κ3) is 7.43.